The number of hydrogen-bond donors (Lipinski definition) is 2. The van der Waals surface area contributed by atoms with Crippen LogP contribution < -0.4 is 15.5 Å². The molecule has 29 heavy (non-hydrogen) atoms. The number of benzene rings is 1. The number of rotatable bonds is 5. The van der Waals surface area contributed by atoms with E-state index in [4.69, 9.17) is 11.6 Å². The van der Waals surface area contributed by atoms with Gasteiger partial charge in [0.05, 0.1) is 16.9 Å². The lowest BCUT2D eigenvalue weighted by Crippen LogP contribution is -2.48. The molecule has 2 aromatic heterocycles. The predicted octanol–water partition coefficient (Wildman–Crippen LogP) is 3.92. The fourth-order valence-corrected chi connectivity index (χ4v) is 4.37. The molecule has 0 saturated carbocycles. The van der Waals surface area contributed by atoms with Crippen LogP contribution in [0.15, 0.2) is 59.2 Å². The van der Waals surface area contributed by atoms with Crippen molar-refractivity contribution in [1.29, 1.82) is 0 Å². The quantitative estimate of drug-likeness (QED) is 0.477. The smallest absolute Gasteiger partial charge is 0.191 e. The van der Waals surface area contributed by atoms with E-state index in [0.29, 0.717) is 12.6 Å². The zero-order chi connectivity index (χ0) is 20.1. The van der Waals surface area contributed by atoms with Crippen molar-refractivity contribution >= 4 is 33.9 Å². The van der Waals surface area contributed by atoms with Crippen LogP contribution in [0.5, 0.6) is 0 Å². The summed E-state index contributed by atoms with van der Waals surface area (Å²) in [5, 5.41) is 15.6. The third kappa shape index (κ3) is 5.10. The number of aromatic nitrogens is 2. The maximum Gasteiger partial charge on any atom is 0.191 e. The molecule has 1 aromatic carbocycles. The van der Waals surface area contributed by atoms with Gasteiger partial charge in [0.2, 0.25) is 0 Å². The SMILES string of the molecule is CN=C(NCc1cnn(-c2ccc(Cl)cc2)c1)NC1CCN(c2cccs2)CC1. The maximum absolute atomic E-state index is 5.96. The van der Waals surface area contributed by atoms with Gasteiger partial charge in [0.25, 0.3) is 0 Å². The first-order valence-corrected chi connectivity index (χ1v) is 11.0. The number of guanidine groups is 1. The number of piperidine rings is 1. The molecule has 3 aromatic rings. The Balaban J connectivity index is 1.26. The molecule has 8 heteroatoms. The summed E-state index contributed by atoms with van der Waals surface area (Å²) < 4.78 is 1.85. The number of thiophene rings is 1. The van der Waals surface area contributed by atoms with E-state index >= 15 is 0 Å². The summed E-state index contributed by atoms with van der Waals surface area (Å²) in [5.41, 5.74) is 2.08. The lowest BCUT2D eigenvalue weighted by molar-refractivity contribution is 0.463. The Morgan fingerprint density at radius 2 is 2.03 bits per heavy atom. The molecule has 0 bridgehead atoms. The molecule has 4 rings (SSSR count). The lowest BCUT2D eigenvalue weighted by atomic mass is 10.1. The van der Waals surface area contributed by atoms with Crippen LogP contribution in [-0.2, 0) is 6.54 Å². The first kappa shape index (κ1) is 19.8. The van der Waals surface area contributed by atoms with Crippen molar-refractivity contribution < 1.29 is 0 Å². The van der Waals surface area contributed by atoms with E-state index in [9.17, 15) is 0 Å². The van der Waals surface area contributed by atoms with Gasteiger partial charge in [-0.2, -0.15) is 5.10 Å². The third-order valence-electron chi connectivity index (χ3n) is 5.06. The molecule has 0 radical (unpaired) electrons. The van der Waals surface area contributed by atoms with Gasteiger partial charge in [0, 0.05) is 49.5 Å². The van der Waals surface area contributed by atoms with Gasteiger partial charge in [-0.05, 0) is 54.6 Å². The van der Waals surface area contributed by atoms with Gasteiger partial charge in [-0.15, -0.1) is 11.3 Å². The Morgan fingerprint density at radius 3 is 2.72 bits per heavy atom. The van der Waals surface area contributed by atoms with Gasteiger partial charge >= 0.3 is 0 Å². The molecule has 0 spiro atoms. The summed E-state index contributed by atoms with van der Waals surface area (Å²) in [5.74, 6) is 0.832. The van der Waals surface area contributed by atoms with E-state index in [2.05, 4.69) is 43.1 Å². The van der Waals surface area contributed by atoms with Gasteiger partial charge in [-0.3, -0.25) is 4.99 Å². The van der Waals surface area contributed by atoms with Gasteiger partial charge in [0.1, 0.15) is 0 Å². The highest BCUT2D eigenvalue weighted by atomic mass is 35.5. The van der Waals surface area contributed by atoms with Crippen molar-refractivity contribution in [3.8, 4) is 5.69 Å². The molecule has 0 atom stereocenters. The molecular formula is C21H25ClN6S. The molecule has 0 unspecified atom stereocenters. The van der Waals surface area contributed by atoms with Crippen LogP contribution >= 0.6 is 22.9 Å². The van der Waals surface area contributed by atoms with Crippen molar-refractivity contribution in [2.24, 2.45) is 4.99 Å². The van der Waals surface area contributed by atoms with E-state index in [1.54, 1.807) is 0 Å². The highest BCUT2D eigenvalue weighted by Crippen LogP contribution is 2.24. The molecule has 1 aliphatic rings. The van der Waals surface area contributed by atoms with Crippen molar-refractivity contribution in [3.63, 3.8) is 0 Å². The minimum Gasteiger partial charge on any atom is -0.363 e. The summed E-state index contributed by atoms with van der Waals surface area (Å²) in [4.78, 5) is 6.84. The van der Waals surface area contributed by atoms with E-state index in [1.165, 1.54) is 5.00 Å². The highest BCUT2D eigenvalue weighted by molar-refractivity contribution is 7.14. The fourth-order valence-electron chi connectivity index (χ4n) is 3.45. The summed E-state index contributed by atoms with van der Waals surface area (Å²) >= 11 is 7.77. The summed E-state index contributed by atoms with van der Waals surface area (Å²) in [6.07, 6.45) is 6.09. The Bertz CT molecular complexity index is 927. The minimum atomic E-state index is 0.439. The monoisotopic (exact) mass is 428 g/mol. The molecule has 0 aliphatic carbocycles. The van der Waals surface area contributed by atoms with Gasteiger partial charge in [-0.1, -0.05) is 11.6 Å². The van der Waals surface area contributed by atoms with Gasteiger partial charge in [0.15, 0.2) is 5.96 Å². The number of anilines is 1. The molecule has 152 valence electrons. The van der Waals surface area contributed by atoms with E-state index in [1.807, 2.05) is 59.7 Å². The number of aliphatic imine (C=N–C) groups is 1. The van der Waals surface area contributed by atoms with Crippen LogP contribution in [0.2, 0.25) is 5.02 Å². The topological polar surface area (TPSA) is 57.5 Å². The maximum atomic E-state index is 5.96. The largest absolute Gasteiger partial charge is 0.363 e. The summed E-state index contributed by atoms with van der Waals surface area (Å²) in [7, 11) is 1.81. The second-order valence-corrected chi connectivity index (χ2v) is 8.41. The summed E-state index contributed by atoms with van der Waals surface area (Å²) in [6, 6.07) is 12.4. The zero-order valence-corrected chi connectivity index (χ0v) is 18.0. The molecule has 3 heterocycles. The molecule has 6 nitrogen and oxygen atoms in total. The second-order valence-electron chi connectivity index (χ2n) is 7.05. The van der Waals surface area contributed by atoms with Crippen molar-refractivity contribution in [2.75, 3.05) is 25.0 Å². The fraction of sp³-hybridized carbons (Fsp3) is 0.333. The molecule has 0 amide bonds. The number of halogens is 1. The Morgan fingerprint density at radius 1 is 1.24 bits per heavy atom. The van der Waals surface area contributed by atoms with Crippen LogP contribution in [-0.4, -0.2) is 41.9 Å². The van der Waals surface area contributed by atoms with Crippen molar-refractivity contribution in [2.45, 2.75) is 25.4 Å². The normalized spacial score (nSPS) is 15.5. The molecule has 1 saturated heterocycles. The summed E-state index contributed by atoms with van der Waals surface area (Å²) in [6.45, 7) is 2.81. The Hall–Kier alpha value is -2.51. The van der Waals surface area contributed by atoms with Crippen LogP contribution in [0.4, 0.5) is 5.00 Å². The average Bonchev–Trinajstić information content (AvgIpc) is 3.44. The van der Waals surface area contributed by atoms with Crippen molar-refractivity contribution in [1.82, 2.24) is 20.4 Å². The van der Waals surface area contributed by atoms with Gasteiger partial charge in [-0.25, -0.2) is 4.68 Å². The van der Waals surface area contributed by atoms with Gasteiger partial charge < -0.3 is 15.5 Å². The molecule has 2 N–H and O–H groups in total. The zero-order valence-electron chi connectivity index (χ0n) is 16.4. The van der Waals surface area contributed by atoms with E-state index in [0.717, 1.165) is 48.2 Å². The molecule has 1 fully saturated rings. The van der Waals surface area contributed by atoms with Crippen molar-refractivity contribution in [3.05, 3.63) is 64.8 Å². The Labute approximate surface area is 180 Å². The standard InChI is InChI=1S/C21H25ClN6S/c1-23-21(26-18-8-10-27(11-9-18)20-3-2-12-29-20)24-13-16-14-25-28(15-16)19-6-4-17(22)5-7-19/h2-7,12,14-15,18H,8-11,13H2,1H3,(H2,23,24,26). The number of hydrogen-bond acceptors (Lipinski definition) is 4. The second kappa shape index (κ2) is 9.33. The van der Waals surface area contributed by atoms with Crippen LogP contribution in [0, 0.1) is 0 Å². The lowest BCUT2D eigenvalue weighted by Gasteiger charge is -2.33. The molecule has 1 aliphatic heterocycles. The molecular weight excluding hydrogens is 404 g/mol. The third-order valence-corrected chi connectivity index (χ3v) is 6.25. The van der Waals surface area contributed by atoms with Crippen LogP contribution in [0.3, 0.4) is 0 Å². The highest BCUT2D eigenvalue weighted by Gasteiger charge is 2.20. The Kier molecular flexibility index (Phi) is 6.36. The minimum absolute atomic E-state index is 0.439. The van der Waals surface area contributed by atoms with Crippen LogP contribution in [0.1, 0.15) is 18.4 Å². The number of nitrogens with zero attached hydrogens (tertiary/aromatic N) is 4. The van der Waals surface area contributed by atoms with Crippen LogP contribution in [0.25, 0.3) is 5.69 Å². The first-order valence-electron chi connectivity index (χ1n) is 9.76. The predicted molar refractivity (Wildman–Crippen MR) is 121 cm³/mol. The number of nitrogens with one attached hydrogen (secondary N) is 2. The van der Waals surface area contributed by atoms with E-state index in [-0.39, 0.29) is 0 Å². The average molecular weight is 429 g/mol. The first-order chi connectivity index (χ1) is 14.2. The van der Waals surface area contributed by atoms with E-state index < -0.39 is 0 Å².